The Hall–Kier alpha value is -2.66. The van der Waals surface area contributed by atoms with E-state index in [-0.39, 0.29) is 11.7 Å². The molecular formula is C21H23FN2O2. The number of nitrogens with zero attached hydrogens (tertiary/aromatic N) is 2. The van der Waals surface area contributed by atoms with E-state index in [0.717, 1.165) is 25.4 Å². The second-order valence-electron chi connectivity index (χ2n) is 6.30. The minimum atomic E-state index is -0.319. The fourth-order valence-corrected chi connectivity index (χ4v) is 2.99. The van der Waals surface area contributed by atoms with Crippen molar-refractivity contribution >= 4 is 12.0 Å². The smallest absolute Gasteiger partial charge is 0.246 e. The number of piperazine rings is 1. The summed E-state index contributed by atoms with van der Waals surface area (Å²) >= 11 is 0. The third-order valence-electron chi connectivity index (χ3n) is 4.56. The molecule has 2 aromatic carbocycles. The maximum absolute atomic E-state index is 13.6. The monoisotopic (exact) mass is 354 g/mol. The Kier molecular flexibility index (Phi) is 6.02. The SMILES string of the molecule is COc1ccc(CN2CCN(C(=O)/C=C/c3ccccc3F)CC2)cc1. The fraction of sp³-hybridized carbons (Fsp3) is 0.286. The molecule has 0 atom stereocenters. The molecule has 136 valence electrons. The van der Waals surface area contributed by atoms with Crippen molar-refractivity contribution < 1.29 is 13.9 Å². The first-order valence-corrected chi connectivity index (χ1v) is 8.72. The number of ether oxygens (including phenoxy) is 1. The van der Waals surface area contributed by atoms with Gasteiger partial charge in [0.1, 0.15) is 11.6 Å². The van der Waals surface area contributed by atoms with Gasteiger partial charge in [0.15, 0.2) is 0 Å². The number of carbonyl (C=O) groups excluding carboxylic acids is 1. The second kappa shape index (κ2) is 8.63. The van der Waals surface area contributed by atoms with E-state index in [2.05, 4.69) is 17.0 Å². The Morgan fingerprint density at radius 3 is 2.42 bits per heavy atom. The van der Waals surface area contributed by atoms with Gasteiger partial charge >= 0.3 is 0 Å². The average molecular weight is 354 g/mol. The number of methoxy groups -OCH3 is 1. The molecule has 0 saturated carbocycles. The van der Waals surface area contributed by atoms with Gasteiger partial charge in [-0.1, -0.05) is 30.3 Å². The maximum atomic E-state index is 13.6. The molecule has 1 aliphatic heterocycles. The first-order valence-electron chi connectivity index (χ1n) is 8.72. The molecule has 0 N–H and O–H groups in total. The van der Waals surface area contributed by atoms with Crippen LogP contribution >= 0.6 is 0 Å². The molecular weight excluding hydrogens is 331 g/mol. The van der Waals surface area contributed by atoms with Crippen LogP contribution in [0, 0.1) is 5.82 Å². The highest BCUT2D eigenvalue weighted by Crippen LogP contribution is 2.14. The number of hydrogen-bond donors (Lipinski definition) is 0. The van der Waals surface area contributed by atoms with Gasteiger partial charge in [0.2, 0.25) is 5.91 Å². The molecule has 0 spiro atoms. The van der Waals surface area contributed by atoms with E-state index in [1.54, 1.807) is 31.4 Å². The van der Waals surface area contributed by atoms with Crippen LogP contribution in [0.25, 0.3) is 6.08 Å². The minimum Gasteiger partial charge on any atom is -0.497 e. The summed E-state index contributed by atoms with van der Waals surface area (Å²) in [5.41, 5.74) is 1.66. The molecule has 0 aromatic heterocycles. The van der Waals surface area contributed by atoms with E-state index in [9.17, 15) is 9.18 Å². The van der Waals surface area contributed by atoms with Gasteiger partial charge in [-0.15, -0.1) is 0 Å². The van der Waals surface area contributed by atoms with E-state index in [1.165, 1.54) is 17.7 Å². The molecule has 2 aromatic rings. The Bertz CT molecular complexity index is 766. The van der Waals surface area contributed by atoms with Gasteiger partial charge in [-0.2, -0.15) is 0 Å². The number of amides is 1. The van der Waals surface area contributed by atoms with Crippen LogP contribution in [0.5, 0.6) is 5.75 Å². The van der Waals surface area contributed by atoms with Crippen LogP contribution in [-0.2, 0) is 11.3 Å². The van der Waals surface area contributed by atoms with Gasteiger partial charge in [0.05, 0.1) is 7.11 Å². The van der Waals surface area contributed by atoms with Crippen LogP contribution in [0.1, 0.15) is 11.1 Å². The Morgan fingerprint density at radius 1 is 1.08 bits per heavy atom. The van der Waals surface area contributed by atoms with Crippen LogP contribution in [0.2, 0.25) is 0 Å². The summed E-state index contributed by atoms with van der Waals surface area (Å²) in [7, 11) is 1.66. The van der Waals surface area contributed by atoms with E-state index >= 15 is 0 Å². The van der Waals surface area contributed by atoms with Crippen molar-refractivity contribution in [3.05, 3.63) is 71.6 Å². The molecule has 1 saturated heterocycles. The van der Waals surface area contributed by atoms with Gasteiger partial charge < -0.3 is 9.64 Å². The highest BCUT2D eigenvalue weighted by molar-refractivity contribution is 5.91. The largest absolute Gasteiger partial charge is 0.497 e. The second-order valence-corrected chi connectivity index (χ2v) is 6.30. The number of carbonyl (C=O) groups is 1. The summed E-state index contributed by atoms with van der Waals surface area (Å²) in [5.74, 6) is 0.462. The quantitative estimate of drug-likeness (QED) is 0.773. The van der Waals surface area contributed by atoms with Gasteiger partial charge in [-0.25, -0.2) is 4.39 Å². The molecule has 26 heavy (non-hydrogen) atoms. The van der Waals surface area contributed by atoms with E-state index < -0.39 is 0 Å². The zero-order valence-corrected chi connectivity index (χ0v) is 14.9. The average Bonchev–Trinajstić information content (AvgIpc) is 2.68. The van der Waals surface area contributed by atoms with Crippen LogP contribution in [0.3, 0.4) is 0 Å². The molecule has 1 amide bonds. The van der Waals surface area contributed by atoms with Gasteiger partial charge in [-0.05, 0) is 29.8 Å². The molecule has 3 rings (SSSR count). The fourth-order valence-electron chi connectivity index (χ4n) is 2.99. The predicted octanol–water partition coefficient (Wildman–Crippen LogP) is 3.19. The number of benzene rings is 2. The van der Waals surface area contributed by atoms with Crippen molar-refractivity contribution in [2.75, 3.05) is 33.3 Å². The highest BCUT2D eigenvalue weighted by Gasteiger charge is 2.19. The zero-order chi connectivity index (χ0) is 18.4. The van der Waals surface area contributed by atoms with Gasteiger partial charge in [-0.3, -0.25) is 9.69 Å². The van der Waals surface area contributed by atoms with Crippen molar-refractivity contribution in [2.24, 2.45) is 0 Å². The molecule has 5 heteroatoms. The zero-order valence-electron chi connectivity index (χ0n) is 14.9. The summed E-state index contributed by atoms with van der Waals surface area (Å²) < 4.78 is 18.8. The highest BCUT2D eigenvalue weighted by atomic mass is 19.1. The van der Waals surface area contributed by atoms with Crippen molar-refractivity contribution in [2.45, 2.75) is 6.54 Å². The molecule has 0 unspecified atom stereocenters. The summed E-state index contributed by atoms with van der Waals surface area (Å²) in [6.45, 7) is 3.86. The lowest BCUT2D eigenvalue weighted by atomic mass is 10.2. The van der Waals surface area contributed by atoms with Crippen LogP contribution in [0.4, 0.5) is 4.39 Å². The Balaban J connectivity index is 1.49. The van der Waals surface area contributed by atoms with Crippen molar-refractivity contribution in [1.29, 1.82) is 0 Å². The standard InChI is InChI=1S/C21H23FN2O2/c1-26-19-9-6-17(7-10-19)16-23-12-14-24(15-13-23)21(25)11-8-18-4-2-3-5-20(18)22/h2-11H,12-16H2,1H3/b11-8+. The molecule has 1 fully saturated rings. The molecule has 0 aliphatic carbocycles. The molecule has 4 nitrogen and oxygen atoms in total. The predicted molar refractivity (Wildman–Crippen MR) is 100 cm³/mol. The van der Waals surface area contributed by atoms with Gasteiger partial charge in [0.25, 0.3) is 0 Å². The van der Waals surface area contributed by atoms with Crippen LogP contribution < -0.4 is 4.74 Å². The summed E-state index contributed by atoms with van der Waals surface area (Å²) in [4.78, 5) is 16.4. The Labute approximate surface area is 153 Å². The molecule has 0 radical (unpaired) electrons. The summed E-state index contributed by atoms with van der Waals surface area (Å²) in [6.07, 6.45) is 3.00. The third kappa shape index (κ3) is 4.70. The van der Waals surface area contributed by atoms with E-state index in [0.29, 0.717) is 18.7 Å². The Morgan fingerprint density at radius 2 is 1.77 bits per heavy atom. The number of hydrogen-bond acceptors (Lipinski definition) is 3. The normalized spacial score (nSPS) is 15.4. The van der Waals surface area contributed by atoms with Crippen molar-refractivity contribution in [3.63, 3.8) is 0 Å². The molecule has 0 bridgehead atoms. The first kappa shape index (κ1) is 18.1. The van der Waals surface area contributed by atoms with Crippen molar-refractivity contribution in [1.82, 2.24) is 9.80 Å². The molecule has 1 heterocycles. The van der Waals surface area contributed by atoms with Crippen LogP contribution in [-0.4, -0.2) is 49.0 Å². The lowest BCUT2D eigenvalue weighted by Gasteiger charge is -2.34. The lowest BCUT2D eigenvalue weighted by Crippen LogP contribution is -2.47. The number of halogens is 1. The van der Waals surface area contributed by atoms with Gasteiger partial charge in [0, 0.05) is 44.4 Å². The molecule has 1 aliphatic rings. The summed E-state index contributed by atoms with van der Waals surface area (Å²) in [5, 5.41) is 0. The number of rotatable bonds is 5. The van der Waals surface area contributed by atoms with E-state index in [1.807, 2.05) is 17.0 Å². The summed E-state index contributed by atoms with van der Waals surface area (Å²) in [6, 6.07) is 14.5. The third-order valence-corrected chi connectivity index (χ3v) is 4.56. The first-order chi connectivity index (χ1) is 12.7. The lowest BCUT2D eigenvalue weighted by molar-refractivity contribution is -0.127. The minimum absolute atomic E-state index is 0.0719. The van der Waals surface area contributed by atoms with Crippen LogP contribution in [0.15, 0.2) is 54.6 Å². The maximum Gasteiger partial charge on any atom is 0.246 e. The van der Waals surface area contributed by atoms with E-state index in [4.69, 9.17) is 4.74 Å². The van der Waals surface area contributed by atoms with Crippen molar-refractivity contribution in [3.8, 4) is 5.75 Å². The topological polar surface area (TPSA) is 32.8 Å².